The summed E-state index contributed by atoms with van der Waals surface area (Å²) in [5.41, 5.74) is -0.222. The molecule has 1 amide bonds. The lowest BCUT2D eigenvalue weighted by Gasteiger charge is -2.45. The van der Waals surface area contributed by atoms with Crippen LogP contribution in [0.5, 0.6) is 0 Å². The van der Waals surface area contributed by atoms with Crippen molar-refractivity contribution in [2.45, 2.75) is 51.7 Å². The Morgan fingerprint density at radius 1 is 1.39 bits per heavy atom. The molecule has 1 aliphatic heterocycles. The Kier molecular flexibility index (Phi) is 3.61. The monoisotopic (exact) mass is 255 g/mol. The summed E-state index contributed by atoms with van der Waals surface area (Å²) in [6.07, 6.45) is 2.72. The number of carboxylic acids is 1. The van der Waals surface area contributed by atoms with Gasteiger partial charge in [0.2, 0.25) is 5.91 Å². The number of carboxylic acid groups (broad SMARTS) is 1. The Morgan fingerprint density at radius 2 is 2.06 bits per heavy atom. The Morgan fingerprint density at radius 3 is 2.50 bits per heavy atom. The largest absolute Gasteiger partial charge is 0.479 e. The molecule has 1 aliphatic carbocycles. The van der Waals surface area contributed by atoms with Crippen molar-refractivity contribution in [1.82, 2.24) is 4.90 Å². The number of rotatable bonds is 3. The summed E-state index contributed by atoms with van der Waals surface area (Å²) in [7, 11) is 0. The minimum atomic E-state index is -0.987. The average Bonchev–Trinajstić information content (AvgIpc) is 2.27. The number of hydrogen-bond donors (Lipinski definition) is 1. The third kappa shape index (κ3) is 2.23. The van der Waals surface area contributed by atoms with Crippen LogP contribution in [0, 0.1) is 5.41 Å². The van der Waals surface area contributed by atoms with Crippen LogP contribution < -0.4 is 0 Å². The Hall–Kier alpha value is -1.10. The summed E-state index contributed by atoms with van der Waals surface area (Å²) in [5.74, 6) is -0.865. The smallest absolute Gasteiger partial charge is 0.334 e. The highest BCUT2D eigenvalue weighted by atomic mass is 16.5. The quantitative estimate of drug-likeness (QED) is 0.824. The molecule has 0 aromatic rings. The zero-order valence-corrected chi connectivity index (χ0v) is 11.0. The lowest BCUT2D eigenvalue weighted by molar-refractivity contribution is -0.172. The van der Waals surface area contributed by atoms with E-state index in [2.05, 4.69) is 0 Å². The first-order chi connectivity index (χ1) is 8.48. The molecule has 1 saturated heterocycles. The fraction of sp³-hybridized carbons (Fsp3) is 0.846. The highest BCUT2D eigenvalue weighted by molar-refractivity contribution is 5.84. The van der Waals surface area contributed by atoms with Gasteiger partial charge in [-0.2, -0.15) is 0 Å². The van der Waals surface area contributed by atoms with Gasteiger partial charge in [0.1, 0.15) is 0 Å². The van der Waals surface area contributed by atoms with Crippen molar-refractivity contribution < 1.29 is 19.4 Å². The highest BCUT2D eigenvalue weighted by Crippen LogP contribution is 2.45. The normalized spacial score (nSPS) is 30.7. The third-order valence-electron chi connectivity index (χ3n) is 4.26. The van der Waals surface area contributed by atoms with Crippen LogP contribution in [0.25, 0.3) is 0 Å². The van der Waals surface area contributed by atoms with Crippen molar-refractivity contribution >= 4 is 11.9 Å². The molecule has 0 radical (unpaired) electrons. The number of carbonyl (C=O) groups excluding carboxylic acids is 1. The minimum absolute atomic E-state index is 0.123. The van der Waals surface area contributed by atoms with Crippen LogP contribution in [0.1, 0.15) is 39.5 Å². The molecule has 2 aliphatic rings. The van der Waals surface area contributed by atoms with Gasteiger partial charge in [-0.05, 0) is 26.2 Å². The van der Waals surface area contributed by atoms with Gasteiger partial charge in [0.25, 0.3) is 0 Å². The van der Waals surface area contributed by atoms with Crippen molar-refractivity contribution in [2.75, 3.05) is 13.1 Å². The molecule has 1 N–H and O–H groups in total. The molecule has 2 rings (SSSR count). The molecule has 1 heterocycles. The highest BCUT2D eigenvalue weighted by Gasteiger charge is 2.46. The number of amides is 1. The molecule has 5 heteroatoms. The second-order valence-corrected chi connectivity index (χ2v) is 5.47. The maximum absolute atomic E-state index is 12.5. The molecule has 0 spiro atoms. The molecular weight excluding hydrogens is 234 g/mol. The Balaban J connectivity index is 2.07. The minimum Gasteiger partial charge on any atom is -0.479 e. The molecule has 1 unspecified atom stereocenters. The van der Waals surface area contributed by atoms with E-state index < -0.39 is 12.1 Å². The van der Waals surface area contributed by atoms with Gasteiger partial charge in [-0.25, -0.2) is 4.79 Å². The van der Waals surface area contributed by atoms with Crippen molar-refractivity contribution in [1.29, 1.82) is 0 Å². The van der Waals surface area contributed by atoms with Crippen LogP contribution in [0.15, 0.2) is 0 Å². The number of carbonyl (C=O) groups is 2. The number of morpholine rings is 1. The van der Waals surface area contributed by atoms with Crippen LogP contribution in [-0.2, 0) is 14.3 Å². The van der Waals surface area contributed by atoms with Crippen LogP contribution in [-0.4, -0.2) is 47.2 Å². The zero-order valence-electron chi connectivity index (χ0n) is 11.0. The molecular formula is C13H21NO4. The topological polar surface area (TPSA) is 66.8 Å². The predicted octanol–water partition coefficient (Wildman–Crippen LogP) is 1.27. The van der Waals surface area contributed by atoms with Gasteiger partial charge in [-0.15, -0.1) is 0 Å². The lowest BCUT2D eigenvalue weighted by Crippen LogP contribution is -2.56. The summed E-state index contributed by atoms with van der Waals surface area (Å²) in [6.45, 7) is 4.54. The predicted molar refractivity (Wildman–Crippen MR) is 65.1 cm³/mol. The van der Waals surface area contributed by atoms with Crippen molar-refractivity contribution in [3.8, 4) is 0 Å². The fourth-order valence-electron chi connectivity index (χ4n) is 2.91. The first-order valence-electron chi connectivity index (χ1n) is 6.66. The standard InChI is InChI=1S/C13H21NO4/c1-3-13(5-4-6-13)12(17)14-7-9(2)18-10(8-14)11(15)16/h9-10H,3-8H2,1-2H3,(H,15,16)/t9-,10?/m1/s1. The molecule has 0 aromatic carbocycles. The van der Waals surface area contributed by atoms with Crippen molar-refractivity contribution in [2.24, 2.45) is 5.41 Å². The van der Waals surface area contributed by atoms with E-state index in [-0.39, 0.29) is 24.0 Å². The van der Waals surface area contributed by atoms with Crippen molar-refractivity contribution in [3.05, 3.63) is 0 Å². The van der Waals surface area contributed by atoms with Gasteiger partial charge in [-0.1, -0.05) is 13.3 Å². The fourth-order valence-corrected chi connectivity index (χ4v) is 2.91. The number of aliphatic carboxylic acids is 1. The van der Waals surface area contributed by atoms with E-state index in [1.54, 1.807) is 4.90 Å². The molecule has 2 fully saturated rings. The van der Waals surface area contributed by atoms with E-state index in [9.17, 15) is 9.59 Å². The van der Waals surface area contributed by atoms with Gasteiger partial charge in [0.15, 0.2) is 6.10 Å². The van der Waals surface area contributed by atoms with Crippen LogP contribution in [0.3, 0.4) is 0 Å². The van der Waals surface area contributed by atoms with E-state index in [1.165, 1.54) is 0 Å². The maximum atomic E-state index is 12.5. The number of ether oxygens (including phenoxy) is 1. The second kappa shape index (κ2) is 4.88. The van der Waals surface area contributed by atoms with Gasteiger partial charge < -0.3 is 14.7 Å². The maximum Gasteiger partial charge on any atom is 0.334 e. The van der Waals surface area contributed by atoms with Gasteiger partial charge >= 0.3 is 5.97 Å². The van der Waals surface area contributed by atoms with E-state index in [1.807, 2.05) is 13.8 Å². The van der Waals surface area contributed by atoms with Crippen LogP contribution in [0.2, 0.25) is 0 Å². The molecule has 5 nitrogen and oxygen atoms in total. The molecule has 0 bridgehead atoms. The van der Waals surface area contributed by atoms with Gasteiger partial charge in [0.05, 0.1) is 12.6 Å². The third-order valence-corrected chi connectivity index (χ3v) is 4.26. The molecule has 2 atom stereocenters. The molecule has 0 aromatic heterocycles. The molecule has 102 valence electrons. The lowest BCUT2D eigenvalue weighted by atomic mass is 9.66. The van der Waals surface area contributed by atoms with E-state index in [0.717, 1.165) is 25.7 Å². The van der Waals surface area contributed by atoms with E-state index in [0.29, 0.717) is 6.54 Å². The first-order valence-corrected chi connectivity index (χ1v) is 6.66. The van der Waals surface area contributed by atoms with Crippen LogP contribution in [0.4, 0.5) is 0 Å². The summed E-state index contributed by atoms with van der Waals surface area (Å²) < 4.78 is 5.33. The van der Waals surface area contributed by atoms with Gasteiger partial charge in [0, 0.05) is 12.0 Å². The summed E-state index contributed by atoms with van der Waals surface area (Å²) in [5, 5.41) is 9.02. The Bertz CT molecular complexity index is 345. The summed E-state index contributed by atoms with van der Waals surface area (Å²) in [6, 6.07) is 0. The molecule has 18 heavy (non-hydrogen) atoms. The number of nitrogens with zero attached hydrogens (tertiary/aromatic N) is 1. The average molecular weight is 255 g/mol. The van der Waals surface area contributed by atoms with Crippen LogP contribution >= 0.6 is 0 Å². The first kappa shape index (κ1) is 13.3. The van der Waals surface area contributed by atoms with E-state index >= 15 is 0 Å². The second-order valence-electron chi connectivity index (χ2n) is 5.47. The SMILES string of the molecule is CCC1(C(=O)N2CC(C(=O)O)O[C@H](C)C2)CCC1. The zero-order chi connectivity index (χ0) is 13.3. The summed E-state index contributed by atoms with van der Waals surface area (Å²) >= 11 is 0. The van der Waals surface area contributed by atoms with E-state index in [4.69, 9.17) is 9.84 Å². The Labute approximate surface area is 107 Å². The van der Waals surface area contributed by atoms with Gasteiger partial charge in [-0.3, -0.25) is 4.79 Å². The number of hydrogen-bond acceptors (Lipinski definition) is 3. The van der Waals surface area contributed by atoms with Crippen molar-refractivity contribution in [3.63, 3.8) is 0 Å². The summed E-state index contributed by atoms with van der Waals surface area (Å²) in [4.78, 5) is 25.2. The molecule has 1 saturated carbocycles.